The quantitative estimate of drug-likeness (QED) is 0.898. The van der Waals surface area contributed by atoms with Crippen LogP contribution >= 0.6 is 15.9 Å². The molecule has 1 heterocycles. The molecule has 1 aromatic rings. The molecule has 1 aliphatic heterocycles. The first-order chi connectivity index (χ1) is 9.76. The maximum Gasteiger partial charge on any atom is 0.0992 e. The molecule has 106 valence electrons. The first-order valence-corrected chi connectivity index (χ1v) is 8.23. The highest BCUT2D eigenvalue weighted by Crippen LogP contribution is 2.34. The fourth-order valence-corrected chi connectivity index (χ4v) is 3.52. The second kappa shape index (κ2) is 6.15. The molecule has 2 aliphatic rings. The molecule has 0 aromatic heterocycles. The Balaban J connectivity index is 1.78. The van der Waals surface area contributed by atoms with E-state index in [1.807, 2.05) is 12.1 Å². The Morgan fingerprint density at radius 1 is 1.30 bits per heavy atom. The van der Waals surface area contributed by atoms with Crippen LogP contribution in [0.15, 0.2) is 22.7 Å². The molecule has 0 bridgehead atoms. The number of nitrogens with one attached hydrogen (secondary N) is 1. The lowest BCUT2D eigenvalue weighted by Crippen LogP contribution is -2.38. The van der Waals surface area contributed by atoms with E-state index < -0.39 is 0 Å². The molecule has 1 aliphatic carbocycles. The van der Waals surface area contributed by atoms with E-state index in [0.717, 1.165) is 30.0 Å². The van der Waals surface area contributed by atoms with Crippen LogP contribution in [0.2, 0.25) is 0 Å². The summed E-state index contributed by atoms with van der Waals surface area (Å²) in [5.41, 5.74) is 1.94. The van der Waals surface area contributed by atoms with Gasteiger partial charge < -0.3 is 10.2 Å². The first-order valence-electron chi connectivity index (χ1n) is 7.44. The van der Waals surface area contributed by atoms with Crippen LogP contribution in [0.3, 0.4) is 0 Å². The summed E-state index contributed by atoms with van der Waals surface area (Å²) < 4.78 is 1.04. The van der Waals surface area contributed by atoms with Gasteiger partial charge in [0.2, 0.25) is 0 Å². The highest BCUT2D eigenvalue weighted by Gasteiger charge is 2.27. The van der Waals surface area contributed by atoms with E-state index >= 15 is 0 Å². The molecule has 20 heavy (non-hydrogen) atoms. The molecule has 1 unspecified atom stereocenters. The van der Waals surface area contributed by atoms with Gasteiger partial charge >= 0.3 is 0 Å². The lowest BCUT2D eigenvalue weighted by atomic mass is 10.1. The minimum Gasteiger partial charge on any atom is -0.369 e. The van der Waals surface area contributed by atoms with E-state index in [-0.39, 0.29) is 0 Å². The minimum absolute atomic E-state index is 0.608. The SMILES string of the molecule is N#Cc1ccc(N(CC2CC2)CC2CCCN2)c(Br)c1. The number of hydrogen-bond acceptors (Lipinski definition) is 3. The van der Waals surface area contributed by atoms with Crippen LogP contribution in [0.1, 0.15) is 31.2 Å². The van der Waals surface area contributed by atoms with Gasteiger partial charge in [0.25, 0.3) is 0 Å². The van der Waals surface area contributed by atoms with Crippen LogP contribution in [0.25, 0.3) is 0 Å². The molecule has 1 N–H and O–H groups in total. The summed E-state index contributed by atoms with van der Waals surface area (Å²) in [5, 5.41) is 12.6. The molecule has 2 fully saturated rings. The third-order valence-corrected chi connectivity index (χ3v) is 4.83. The van der Waals surface area contributed by atoms with Gasteiger partial charge in [-0.05, 0) is 72.3 Å². The zero-order valence-corrected chi connectivity index (χ0v) is 13.2. The predicted molar refractivity (Wildman–Crippen MR) is 84.8 cm³/mol. The van der Waals surface area contributed by atoms with Crippen molar-refractivity contribution in [2.75, 3.05) is 24.5 Å². The second-order valence-electron chi connectivity index (χ2n) is 5.92. The first kappa shape index (κ1) is 13.9. The van der Waals surface area contributed by atoms with Crippen LogP contribution in [-0.2, 0) is 0 Å². The van der Waals surface area contributed by atoms with Gasteiger partial charge in [-0.25, -0.2) is 0 Å². The monoisotopic (exact) mass is 333 g/mol. The number of benzene rings is 1. The Kier molecular flexibility index (Phi) is 4.28. The van der Waals surface area contributed by atoms with Crippen molar-refractivity contribution in [3.63, 3.8) is 0 Å². The van der Waals surface area contributed by atoms with E-state index in [4.69, 9.17) is 5.26 Å². The number of nitriles is 1. The number of halogens is 1. The van der Waals surface area contributed by atoms with Crippen molar-refractivity contribution >= 4 is 21.6 Å². The lowest BCUT2D eigenvalue weighted by molar-refractivity contribution is 0.570. The maximum atomic E-state index is 8.98. The van der Waals surface area contributed by atoms with E-state index in [0.29, 0.717) is 11.6 Å². The third-order valence-electron chi connectivity index (χ3n) is 4.20. The molecule has 0 spiro atoms. The Bertz CT molecular complexity index is 513. The molecule has 1 aromatic carbocycles. The van der Waals surface area contributed by atoms with Crippen LogP contribution in [0.4, 0.5) is 5.69 Å². The zero-order chi connectivity index (χ0) is 13.9. The average Bonchev–Trinajstić information content (AvgIpc) is 3.11. The highest BCUT2D eigenvalue weighted by molar-refractivity contribution is 9.10. The van der Waals surface area contributed by atoms with Crippen molar-refractivity contribution in [2.45, 2.75) is 31.7 Å². The number of rotatable bonds is 5. The minimum atomic E-state index is 0.608. The Hall–Kier alpha value is -1.05. The van der Waals surface area contributed by atoms with Gasteiger partial charge in [-0.15, -0.1) is 0 Å². The van der Waals surface area contributed by atoms with Crippen LogP contribution < -0.4 is 10.2 Å². The smallest absolute Gasteiger partial charge is 0.0992 e. The van der Waals surface area contributed by atoms with E-state index in [2.05, 4.69) is 38.3 Å². The van der Waals surface area contributed by atoms with Crippen molar-refractivity contribution in [2.24, 2.45) is 5.92 Å². The molecule has 0 amide bonds. The summed E-state index contributed by atoms with van der Waals surface area (Å²) in [6.45, 7) is 3.36. The molecule has 4 heteroatoms. The summed E-state index contributed by atoms with van der Waals surface area (Å²) in [7, 11) is 0. The van der Waals surface area contributed by atoms with Gasteiger partial charge in [0, 0.05) is 23.6 Å². The van der Waals surface area contributed by atoms with Crippen molar-refractivity contribution in [1.29, 1.82) is 5.26 Å². The summed E-state index contributed by atoms with van der Waals surface area (Å²) in [5.74, 6) is 0.860. The van der Waals surface area contributed by atoms with Crippen molar-refractivity contribution in [1.82, 2.24) is 5.32 Å². The number of hydrogen-bond donors (Lipinski definition) is 1. The highest BCUT2D eigenvalue weighted by atomic mass is 79.9. The molecular formula is C16H20BrN3. The molecule has 1 saturated heterocycles. The van der Waals surface area contributed by atoms with Gasteiger partial charge in [-0.3, -0.25) is 0 Å². The maximum absolute atomic E-state index is 8.98. The Labute approximate surface area is 129 Å². The Morgan fingerprint density at radius 3 is 2.75 bits per heavy atom. The molecule has 1 atom stereocenters. The molecule has 0 radical (unpaired) electrons. The fourth-order valence-electron chi connectivity index (χ4n) is 2.89. The largest absolute Gasteiger partial charge is 0.369 e. The van der Waals surface area contributed by atoms with E-state index in [9.17, 15) is 0 Å². The number of nitrogens with zero attached hydrogens (tertiary/aromatic N) is 2. The molecule has 3 rings (SSSR count). The summed E-state index contributed by atoms with van der Waals surface area (Å²) in [6.07, 6.45) is 5.29. The van der Waals surface area contributed by atoms with E-state index in [1.165, 1.54) is 31.4 Å². The normalized spacial score (nSPS) is 21.7. The van der Waals surface area contributed by atoms with Crippen LogP contribution in [0, 0.1) is 17.2 Å². The van der Waals surface area contributed by atoms with Gasteiger partial charge in [0.15, 0.2) is 0 Å². The van der Waals surface area contributed by atoms with Crippen molar-refractivity contribution < 1.29 is 0 Å². The predicted octanol–water partition coefficient (Wildman–Crippen LogP) is 3.29. The van der Waals surface area contributed by atoms with Gasteiger partial charge in [0.1, 0.15) is 0 Å². The van der Waals surface area contributed by atoms with Gasteiger partial charge in [0.05, 0.1) is 17.3 Å². The van der Waals surface area contributed by atoms with Gasteiger partial charge in [-0.1, -0.05) is 0 Å². The molecule has 1 saturated carbocycles. The standard InChI is InChI=1S/C16H20BrN3/c17-15-8-13(9-18)5-6-16(15)20(10-12-3-4-12)11-14-2-1-7-19-14/h5-6,8,12,14,19H,1-4,7,10-11H2. The molecular weight excluding hydrogens is 314 g/mol. The van der Waals surface area contributed by atoms with Crippen LogP contribution in [0.5, 0.6) is 0 Å². The Morgan fingerprint density at radius 2 is 2.15 bits per heavy atom. The average molecular weight is 334 g/mol. The molecule has 3 nitrogen and oxygen atoms in total. The third kappa shape index (κ3) is 3.34. The topological polar surface area (TPSA) is 39.1 Å². The lowest BCUT2D eigenvalue weighted by Gasteiger charge is -2.29. The second-order valence-corrected chi connectivity index (χ2v) is 6.77. The zero-order valence-electron chi connectivity index (χ0n) is 11.6. The summed E-state index contributed by atoms with van der Waals surface area (Å²) in [6, 6.07) is 8.74. The summed E-state index contributed by atoms with van der Waals surface area (Å²) in [4.78, 5) is 2.49. The van der Waals surface area contributed by atoms with Crippen molar-refractivity contribution in [3.05, 3.63) is 28.2 Å². The summed E-state index contributed by atoms with van der Waals surface area (Å²) >= 11 is 3.64. The van der Waals surface area contributed by atoms with Crippen LogP contribution in [-0.4, -0.2) is 25.7 Å². The van der Waals surface area contributed by atoms with Crippen molar-refractivity contribution in [3.8, 4) is 6.07 Å². The fraction of sp³-hybridized carbons (Fsp3) is 0.562. The number of anilines is 1. The van der Waals surface area contributed by atoms with Gasteiger partial charge in [-0.2, -0.15) is 5.26 Å². The van der Waals surface area contributed by atoms with E-state index in [1.54, 1.807) is 0 Å².